The second-order valence-electron chi connectivity index (χ2n) is 2.82. The summed E-state index contributed by atoms with van der Waals surface area (Å²) in [6.07, 6.45) is 0. The van der Waals surface area contributed by atoms with Crippen molar-refractivity contribution in [1.29, 1.82) is 5.26 Å². The molecule has 0 atom stereocenters. The number of ether oxygens (including phenoxy) is 1. The third-order valence-corrected chi connectivity index (χ3v) is 2.37. The molecule has 0 heterocycles. The van der Waals surface area contributed by atoms with E-state index in [0.29, 0.717) is 11.3 Å². The largest absolute Gasteiger partial charge is 0.491 e. The molecule has 6 heteroatoms. The van der Waals surface area contributed by atoms with Crippen molar-refractivity contribution >= 4 is 10.0 Å². The van der Waals surface area contributed by atoms with Gasteiger partial charge in [0.25, 0.3) is 0 Å². The van der Waals surface area contributed by atoms with Gasteiger partial charge in [0.15, 0.2) is 0 Å². The first kappa shape index (κ1) is 11.5. The summed E-state index contributed by atoms with van der Waals surface area (Å²) >= 11 is 0. The van der Waals surface area contributed by atoms with E-state index in [1.807, 2.05) is 6.07 Å². The predicted octanol–water partition coefficient (Wildman–Crippen LogP) is 0.226. The summed E-state index contributed by atoms with van der Waals surface area (Å²) in [4.78, 5) is 0. The number of sulfonamides is 1. The van der Waals surface area contributed by atoms with Crippen molar-refractivity contribution in [3.8, 4) is 11.8 Å². The highest BCUT2D eigenvalue weighted by atomic mass is 32.2. The molecule has 0 saturated heterocycles. The average Bonchev–Trinajstić information content (AvgIpc) is 2.16. The number of nitriles is 1. The van der Waals surface area contributed by atoms with Crippen molar-refractivity contribution in [3.05, 3.63) is 29.8 Å². The van der Waals surface area contributed by atoms with Gasteiger partial charge < -0.3 is 4.74 Å². The van der Waals surface area contributed by atoms with Gasteiger partial charge in [0.05, 0.1) is 11.3 Å². The van der Waals surface area contributed by atoms with Crippen LogP contribution in [-0.2, 0) is 10.0 Å². The SMILES string of the molecule is N#Cc1ccccc1OCCS(N)(=O)=O. The molecule has 0 radical (unpaired) electrons. The summed E-state index contributed by atoms with van der Waals surface area (Å²) in [5.41, 5.74) is 0.368. The predicted molar refractivity (Wildman–Crippen MR) is 54.6 cm³/mol. The first-order valence-corrected chi connectivity index (χ1v) is 5.87. The molecule has 1 aromatic rings. The fourth-order valence-electron chi connectivity index (χ4n) is 0.953. The summed E-state index contributed by atoms with van der Waals surface area (Å²) in [5, 5.41) is 13.5. The topological polar surface area (TPSA) is 93.2 Å². The van der Waals surface area contributed by atoms with Crippen LogP contribution in [-0.4, -0.2) is 20.8 Å². The molecule has 0 aliphatic rings. The lowest BCUT2D eigenvalue weighted by Crippen LogP contribution is -2.21. The number of nitrogens with two attached hydrogens (primary N) is 1. The molecule has 0 aliphatic heterocycles. The monoisotopic (exact) mass is 226 g/mol. The molecule has 0 saturated carbocycles. The zero-order valence-corrected chi connectivity index (χ0v) is 8.70. The Morgan fingerprint density at radius 3 is 2.67 bits per heavy atom. The third-order valence-electron chi connectivity index (χ3n) is 1.63. The van der Waals surface area contributed by atoms with E-state index < -0.39 is 10.0 Å². The molecular formula is C9H10N2O3S. The Labute approximate surface area is 88.1 Å². The molecule has 0 unspecified atom stereocenters. The third kappa shape index (κ3) is 3.97. The highest BCUT2D eigenvalue weighted by Crippen LogP contribution is 2.16. The normalized spacial score (nSPS) is 10.7. The van der Waals surface area contributed by atoms with Gasteiger partial charge in [-0.2, -0.15) is 5.26 Å². The van der Waals surface area contributed by atoms with Crippen molar-refractivity contribution in [1.82, 2.24) is 0 Å². The van der Waals surface area contributed by atoms with E-state index in [1.165, 1.54) is 0 Å². The van der Waals surface area contributed by atoms with Gasteiger partial charge in [-0.3, -0.25) is 0 Å². The molecule has 0 amide bonds. The van der Waals surface area contributed by atoms with E-state index in [2.05, 4.69) is 0 Å². The van der Waals surface area contributed by atoms with E-state index >= 15 is 0 Å². The van der Waals surface area contributed by atoms with E-state index in [9.17, 15) is 8.42 Å². The fourth-order valence-corrected chi connectivity index (χ4v) is 1.27. The van der Waals surface area contributed by atoms with Crippen molar-refractivity contribution < 1.29 is 13.2 Å². The Kier molecular flexibility index (Phi) is 3.66. The van der Waals surface area contributed by atoms with Gasteiger partial charge >= 0.3 is 0 Å². The Hall–Kier alpha value is -1.58. The standard InChI is InChI=1S/C9H10N2O3S/c10-7-8-3-1-2-4-9(8)14-5-6-15(11,12)13/h1-4H,5-6H2,(H2,11,12,13). The summed E-state index contributed by atoms with van der Waals surface area (Å²) in [7, 11) is -3.52. The minimum Gasteiger partial charge on any atom is -0.491 e. The number of rotatable bonds is 4. The van der Waals surface area contributed by atoms with Crippen LogP contribution in [0.25, 0.3) is 0 Å². The Morgan fingerprint density at radius 2 is 2.07 bits per heavy atom. The molecule has 15 heavy (non-hydrogen) atoms. The maximum absolute atomic E-state index is 10.6. The maximum atomic E-state index is 10.6. The van der Waals surface area contributed by atoms with Crippen LogP contribution in [0.3, 0.4) is 0 Å². The molecule has 1 aromatic carbocycles. The quantitative estimate of drug-likeness (QED) is 0.795. The van der Waals surface area contributed by atoms with E-state index in [0.717, 1.165) is 0 Å². The molecule has 0 bridgehead atoms. The van der Waals surface area contributed by atoms with Crippen LogP contribution in [0, 0.1) is 11.3 Å². The molecule has 1 rings (SSSR count). The van der Waals surface area contributed by atoms with Crippen LogP contribution in [0.4, 0.5) is 0 Å². The van der Waals surface area contributed by atoms with Crippen molar-refractivity contribution in [3.63, 3.8) is 0 Å². The van der Waals surface area contributed by atoms with E-state index in [-0.39, 0.29) is 12.4 Å². The fraction of sp³-hybridized carbons (Fsp3) is 0.222. The first-order valence-electron chi connectivity index (χ1n) is 4.15. The summed E-state index contributed by atoms with van der Waals surface area (Å²) in [6, 6.07) is 8.53. The van der Waals surface area contributed by atoms with Crippen LogP contribution in [0.15, 0.2) is 24.3 Å². The molecule has 2 N–H and O–H groups in total. The lowest BCUT2D eigenvalue weighted by atomic mass is 10.2. The smallest absolute Gasteiger partial charge is 0.212 e. The van der Waals surface area contributed by atoms with Crippen LogP contribution in [0.1, 0.15) is 5.56 Å². The van der Waals surface area contributed by atoms with Gasteiger partial charge in [-0.15, -0.1) is 0 Å². The number of para-hydroxylation sites is 1. The zero-order valence-electron chi connectivity index (χ0n) is 7.88. The Bertz CT molecular complexity index is 476. The van der Waals surface area contributed by atoms with Gasteiger partial charge in [-0.1, -0.05) is 12.1 Å². The van der Waals surface area contributed by atoms with Gasteiger partial charge in [-0.05, 0) is 12.1 Å². The lowest BCUT2D eigenvalue weighted by Gasteiger charge is -2.05. The van der Waals surface area contributed by atoms with E-state index in [1.54, 1.807) is 24.3 Å². The molecule has 0 fully saturated rings. The minimum absolute atomic E-state index is 0.0580. The number of benzene rings is 1. The van der Waals surface area contributed by atoms with E-state index in [4.69, 9.17) is 15.1 Å². The van der Waals surface area contributed by atoms with Gasteiger partial charge in [0.1, 0.15) is 18.4 Å². The Morgan fingerprint density at radius 1 is 1.40 bits per heavy atom. The zero-order chi connectivity index (χ0) is 11.3. The molecular weight excluding hydrogens is 216 g/mol. The second kappa shape index (κ2) is 4.77. The molecule has 0 spiro atoms. The number of hydrogen-bond acceptors (Lipinski definition) is 4. The molecule has 0 aliphatic carbocycles. The van der Waals surface area contributed by atoms with Crippen molar-refractivity contribution in [2.24, 2.45) is 5.14 Å². The highest BCUT2D eigenvalue weighted by Gasteiger charge is 2.05. The van der Waals surface area contributed by atoms with Gasteiger partial charge in [0, 0.05) is 0 Å². The first-order chi connectivity index (χ1) is 7.03. The van der Waals surface area contributed by atoms with Crippen LogP contribution < -0.4 is 9.88 Å². The van der Waals surface area contributed by atoms with Gasteiger partial charge in [0.2, 0.25) is 10.0 Å². The number of primary sulfonamides is 1. The molecule has 80 valence electrons. The van der Waals surface area contributed by atoms with Crippen molar-refractivity contribution in [2.45, 2.75) is 0 Å². The summed E-state index contributed by atoms with van der Waals surface area (Å²) in [5.74, 6) is 0.0934. The molecule has 0 aromatic heterocycles. The Balaban J connectivity index is 2.63. The summed E-state index contributed by atoms with van der Waals surface area (Å²) in [6.45, 7) is -0.0580. The highest BCUT2D eigenvalue weighted by molar-refractivity contribution is 7.89. The maximum Gasteiger partial charge on any atom is 0.212 e. The second-order valence-corrected chi connectivity index (χ2v) is 4.56. The number of hydrogen-bond donors (Lipinski definition) is 1. The number of nitrogens with zero attached hydrogens (tertiary/aromatic N) is 1. The average molecular weight is 226 g/mol. The summed E-state index contributed by atoms with van der Waals surface area (Å²) < 4.78 is 26.3. The van der Waals surface area contributed by atoms with Crippen LogP contribution >= 0.6 is 0 Å². The minimum atomic E-state index is -3.52. The van der Waals surface area contributed by atoms with Crippen LogP contribution in [0.2, 0.25) is 0 Å². The lowest BCUT2D eigenvalue weighted by molar-refractivity contribution is 0.340. The molecule has 5 nitrogen and oxygen atoms in total. The van der Waals surface area contributed by atoms with Crippen LogP contribution in [0.5, 0.6) is 5.75 Å². The van der Waals surface area contributed by atoms with Crippen molar-refractivity contribution in [2.75, 3.05) is 12.4 Å². The van der Waals surface area contributed by atoms with Gasteiger partial charge in [-0.25, -0.2) is 13.6 Å².